The zero-order chi connectivity index (χ0) is 13.1. The van der Waals surface area contributed by atoms with E-state index < -0.39 is 5.97 Å². The van der Waals surface area contributed by atoms with Crippen molar-refractivity contribution in [2.75, 3.05) is 0 Å². The highest BCUT2D eigenvalue weighted by molar-refractivity contribution is 5.89. The number of rotatable bonds is 4. The summed E-state index contributed by atoms with van der Waals surface area (Å²) in [4.78, 5) is 15.4. The lowest BCUT2D eigenvalue weighted by Crippen LogP contribution is -2.02. The molecule has 0 unspecified atom stereocenters. The summed E-state index contributed by atoms with van der Waals surface area (Å²) in [6, 6.07) is 5.13. The van der Waals surface area contributed by atoms with Crippen molar-refractivity contribution in [3.8, 4) is 11.4 Å². The molecular formula is C14H16N2O2. The van der Waals surface area contributed by atoms with E-state index in [0.29, 0.717) is 5.56 Å². The van der Waals surface area contributed by atoms with Crippen LogP contribution in [0.2, 0.25) is 0 Å². The molecule has 18 heavy (non-hydrogen) atoms. The standard InChI is InChI=1S/C14H16N2O2/c1-3-7-16-8-6-15-13(16)12-9-11(14(17)18)5-4-10(12)2/h4-6,8-9H,3,7H2,1-2H3,(H,17,18). The van der Waals surface area contributed by atoms with Gasteiger partial charge in [-0.25, -0.2) is 9.78 Å². The van der Waals surface area contributed by atoms with Crippen LogP contribution in [-0.2, 0) is 6.54 Å². The van der Waals surface area contributed by atoms with Gasteiger partial charge in [0.2, 0.25) is 0 Å². The first-order chi connectivity index (χ1) is 8.63. The van der Waals surface area contributed by atoms with E-state index in [1.807, 2.05) is 23.8 Å². The molecule has 0 radical (unpaired) electrons. The minimum absolute atomic E-state index is 0.293. The highest BCUT2D eigenvalue weighted by Gasteiger charge is 2.11. The van der Waals surface area contributed by atoms with Gasteiger partial charge in [-0.3, -0.25) is 0 Å². The number of imidazole rings is 1. The lowest BCUT2D eigenvalue weighted by molar-refractivity contribution is 0.0697. The van der Waals surface area contributed by atoms with Crippen molar-refractivity contribution in [1.82, 2.24) is 9.55 Å². The van der Waals surface area contributed by atoms with Crippen LogP contribution in [0.15, 0.2) is 30.6 Å². The van der Waals surface area contributed by atoms with E-state index in [1.54, 1.807) is 18.3 Å². The van der Waals surface area contributed by atoms with E-state index >= 15 is 0 Å². The maximum Gasteiger partial charge on any atom is 0.335 e. The number of aromatic nitrogens is 2. The van der Waals surface area contributed by atoms with Crippen LogP contribution in [0, 0.1) is 6.92 Å². The van der Waals surface area contributed by atoms with E-state index in [1.165, 1.54) is 0 Å². The molecule has 1 aromatic heterocycles. The Morgan fingerprint density at radius 3 is 2.89 bits per heavy atom. The second-order valence-electron chi connectivity index (χ2n) is 4.28. The molecule has 0 aliphatic rings. The number of carboxylic acid groups (broad SMARTS) is 1. The smallest absolute Gasteiger partial charge is 0.335 e. The first-order valence-electron chi connectivity index (χ1n) is 5.99. The predicted molar refractivity (Wildman–Crippen MR) is 69.7 cm³/mol. The zero-order valence-electron chi connectivity index (χ0n) is 10.6. The Hall–Kier alpha value is -2.10. The number of aryl methyl sites for hydroxylation is 2. The summed E-state index contributed by atoms with van der Waals surface area (Å²) in [6.07, 6.45) is 4.69. The van der Waals surface area contributed by atoms with Gasteiger partial charge in [0.1, 0.15) is 5.82 Å². The molecule has 4 nitrogen and oxygen atoms in total. The number of carboxylic acids is 1. The number of carbonyl (C=O) groups is 1. The van der Waals surface area contributed by atoms with E-state index in [9.17, 15) is 4.79 Å². The Labute approximate surface area is 106 Å². The van der Waals surface area contributed by atoms with Crippen LogP contribution in [0.1, 0.15) is 29.3 Å². The fourth-order valence-corrected chi connectivity index (χ4v) is 1.97. The maximum atomic E-state index is 11.0. The quantitative estimate of drug-likeness (QED) is 0.899. The summed E-state index contributed by atoms with van der Waals surface area (Å²) < 4.78 is 2.05. The summed E-state index contributed by atoms with van der Waals surface area (Å²) in [5.41, 5.74) is 2.21. The van der Waals surface area contributed by atoms with Gasteiger partial charge in [0.05, 0.1) is 5.56 Å². The molecule has 1 heterocycles. The first kappa shape index (κ1) is 12.4. The van der Waals surface area contributed by atoms with Crippen molar-refractivity contribution in [1.29, 1.82) is 0 Å². The van der Waals surface area contributed by atoms with Gasteiger partial charge < -0.3 is 9.67 Å². The summed E-state index contributed by atoms with van der Waals surface area (Å²) >= 11 is 0. The second kappa shape index (κ2) is 5.04. The summed E-state index contributed by atoms with van der Waals surface area (Å²) in [5, 5.41) is 9.04. The summed E-state index contributed by atoms with van der Waals surface area (Å²) in [6.45, 7) is 4.95. The van der Waals surface area contributed by atoms with Crippen LogP contribution in [0.25, 0.3) is 11.4 Å². The largest absolute Gasteiger partial charge is 0.478 e. The lowest BCUT2D eigenvalue weighted by Gasteiger charge is -2.09. The van der Waals surface area contributed by atoms with Crippen LogP contribution >= 0.6 is 0 Å². The molecule has 94 valence electrons. The average Bonchev–Trinajstić information content (AvgIpc) is 2.78. The van der Waals surface area contributed by atoms with Crippen molar-refractivity contribution < 1.29 is 9.90 Å². The fourth-order valence-electron chi connectivity index (χ4n) is 1.97. The van der Waals surface area contributed by atoms with Crippen molar-refractivity contribution in [2.45, 2.75) is 26.8 Å². The third kappa shape index (κ3) is 2.27. The highest BCUT2D eigenvalue weighted by Crippen LogP contribution is 2.23. The van der Waals surface area contributed by atoms with E-state index in [-0.39, 0.29) is 0 Å². The third-order valence-electron chi connectivity index (χ3n) is 2.91. The molecule has 1 aromatic carbocycles. The molecule has 1 N–H and O–H groups in total. The first-order valence-corrected chi connectivity index (χ1v) is 5.99. The summed E-state index contributed by atoms with van der Waals surface area (Å²) in [5.74, 6) is -0.0812. The average molecular weight is 244 g/mol. The Balaban J connectivity index is 2.52. The normalized spacial score (nSPS) is 10.6. The molecule has 0 aliphatic heterocycles. The van der Waals surface area contributed by atoms with Gasteiger partial charge in [0, 0.05) is 24.5 Å². The Morgan fingerprint density at radius 2 is 2.22 bits per heavy atom. The number of benzene rings is 1. The molecular weight excluding hydrogens is 228 g/mol. The lowest BCUT2D eigenvalue weighted by atomic mass is 10.0. The molecule has 0 fully saturated rings. The fraction of sp³-hybridized carbons (Fsp3) is 0.286. The van der Waals surface area contributed by atoms with Crippen molar-refractivity contribution in [2.24, 2.45) is 0 Å². The Bertz CT molecular complexity index is 573. The van der Waals surface area contributed by atoms with Gasteiger partial charge in [-0.05, 0) is 31.0 Å². The van der Waals surface area contributed by atoms with Crippen LogP contribution in [-0.4, -0.2) is 20.6 Å². The van der Waals surface area contributed by atoms with Crippen molar-refractivity contribution in [3.05, 3.63) is 41.7 Å². The van der Waals surface area contributed by atoms with Crippen molar-refractivity contribution >= 4 is 5.97 Å². The molecule has 0 atom stereocenters. The Morgan fingerprint density at radius 1 is 1.44 bits per heavy atom. The van der Waals surface area contributed by atoms with Gasteiger partial charge in [-0.2, -0.15) is 0 Å². The Kier molecular flexibility index (Phi) is 3.46. The van der Waals surface area contributed by atoms with E-state index in [0.717, 1.165) is 29.9 Å². The summed E-state index contributed by atoms with van der Waals surface area (Å²) in [7, 11) is 0. The van der Waals surface area contributed by atoms with E-state index in [4.69, 9.17) is 5.11 Å². The molecule has 2 aromatic rings. The van der Waals surface area contributed by atoms with Gasteiger partial charge in [0.15, 0.2) is 0 Å². The molecule has 4 heteroatoms. The second-order valence-corrected chi connectivity index (χ2v) is 4.28. The molecule has 0 amide bonds. The minimum atomic E-state index is -0.912. The van der Waals surface area contributed by atoms with Crippen LogP contribution < -0.4 is 0 Å². The molecule has 0 spiro atoms. The molecule has 0 aliphatic carbocycles. The molecule has 0 bridgehead atoms. The molecule has 0 saturated heterocycles. The van der Waals surface area contributed by atoms with Gasteiger partial charge in [0.25, 0.3) is 0 Å². The third-order valence-corrected chi connectivity index (χ3v) is 2.91. The highest BCUT2D eigenvalue weighted by atomic mass is 16.4. The predicted octanol–water partition coefficient (Wildman–Crippen LogP) is 2.97. The molecule has 2 rings (SSSR count). The SMILES string of the molecule is CCCn1ccnc1-c1cc(C(=O)O)ccc1C. The van der Waals surface area contributed by atoms with Gasteiger partial charge >= 0.3 is 5.97 Å². The molecule has 0 saturated carbocycles. The number of hydrogen-bond donors (Lipinski definition) is 1. The van der Waals surface area contributed by atoms with Crippen LogP contribution in [0.3, 0.4) is 0 Å². The van der Waals surface area contributed by atoms with E-state index in [2.05, 4.69) is 11.9 Å². The number of aromatic carboxylic acids is 1. The number of nitrogens with zero attached hydrogens (tertiary/aromatic N) is 2. The van der Waals surface area contributed by atoms with Gasteiger partial charge in [-0.1, -0.05) is 13.0 Å². The monoisotopic (exact) mass is 244 g/mol. The minimum Gasteiger partial charge on any atom is -0.478 e. The number of hydrogen-bond acceptors (Lipinski definition) is 2. The van der Waals surface area contributed by atoms with Gasteiger partial charge in [-0.15, -0.1) is 0 Å². The maximum absolute atomic E-state index is 11.0. The van der Waals surface area contributed by atoms with Crippen LogP contribution in [0.5, 0.6) is 0 Å². The van der Waals surface area contributed by atoms with Crippen LogP contribution in [0.4, 0.5) is 0 Å². The van der Waals surface area contributed by atoms with Crippen molar-refractivity contribution in [3.63, 3.8) is 0 Å². The zero-order valence-corrected chi connectivity index (χ0v) is 10.6. The topological polar surface area (TPSA) is 55.1 Å².